The van der Waals surface area contributed by atoms with Crippen LogP contribution in [0, 0.1) is 0 Å². The van der Waals surface area contributed by atoms with E-state index in [9.17, 15) is 4.79 Å². The molecule has 4 nitrogen and oxygen atoms in total. The average Bonchev–Trinajstić information content (AvgIpc) is 3.14. The van der Waals surface area contributed by atoms with E-state index in [1.165, 1.54) is 11.3 Å². The Kier molecular flexibility index (Phi) is 3.65. The van der Waals surface area contributed by atoms with E-state index in [-0.39, 0.29) is 11.9 Å². The van der Waals surface area contributed by atoms with Crippen LogP contribution in [0.25, 0.3) is 10.2 Å². The third-order valence-corrected chi connectivity index (χ3v) is 5.72. The van der Waals surface area contributed by atoms with Crippen LogP contribution in [0.3, 0.4) is 0 Å². The van der Waals surface area contributed by atoms with Gasteiger partial charge in [0, 0.05) is 23.5 Å². The zero-order chi connectivity index (χ0) is 15.0. The van der Waals surface area contributed by atoms with E-state index in [4.69, 9.17) is 5.73 Å². The predicted octanol–water partition coefficient (Wildman–Crippen LogP) is 3.77. The van der Waals surface area contributed by atoms with Crippen LogP contribution in [0.15, 0.2) is 35.8 Å². The first-order chi connectivity index (χ1) is 10.1. The Morgan fingerprint density at radius 2 is 2.19 bits per heavy atom. The molecular formula is C15H15N3OS2. The predicted molar refractivity (Wildman–Crippen MR) is 88.9 cm³/mol. The number of amides is 1. The number of nitrogens with zero attached hydrogens (tertiary/aromatic N) is 2. The lowest BCUT2D eigenvalue weighted by molar-refractivity contribution is 0.0751. The molecule has 0 bridgehead atoms. The van der Waals surface area contributed by atoms with E-state index in [0.717, 1.165) is 15.1 Å². The van der Waals surface area contributed by atoms with Crippen molar-refractivity contribution in [1.82, 2.24) is 9.88 Å². The first-order valence-electron chi connectivity index (χ1n) is 6.53. The molecular weight excluding hydrogens is 302 g/mol. The lowest BCUT2D eigenvalue weighted by Gasteiger charge is -2.23. The molecule has 0 saturated heterocycles. The minimum atomic E-state index is -0.0589. The molecule has 6 heteroatoms. The molecule has 0 aliphatic heterocycles. The maximum absolute atomic E-state index is 12.7. The van der Waals surface area contributed by atoms with Gasteiger partial charge in [0.2, 0.25) is 0 Å². The number of carbonyl (C=O) groups excluding carboxylic acids is 1. The molecule has 1 amide bonds. The van der Waals surface area contributed by atoms with Crippen LogP contribution in [-0.4, -0.2) is 22.8 Å². The van der Waals surface area contributed by atoms with Crippen molar-refractivity contribution in [2.24, 2.45) is 0 Å². The summed E-state index contributed by atoms with van der Waals surface area (Å²) in [5, 5.41) is 2.87. The van der Waals surface area contributed by atoms with Crippen molar-refractivity contribution in [2.45, 2.75) is 13.0 Å². The molecule has 21 heavy (non-hydrogen) atoms. The molecule has 0 spiro atoms. The normalized spacial score (nSPS) is 12.5. The Labute approximate surface area is 130 Å². The first-order valence-corrected chi connectivity index (χ1v) is 8.22. The van der Waals surface area contributed by atoms with Gasteiger partial charge < -0.3 is 10.6 Å². The Balaban J connectivity index is 1.95. The highest BCUT2D eigenvalue weighted by atomic mass is 32.1. The molecule has 3 aromatic rings. The minimum absolute atomic E-state index is 0.0232. The first kappa shape index (κ1) is 14.0. The van der Waals surface area contributed by atoms with E-state index in [1.807, 2.05) is 43.6 Å². The topological polar surface area (TPSA) is 59.2 Å². The number of rotatable bonds is 3. The summed E-state index contributed by atoms with van der Waals surface area (Å²) in [5.41, 5.74) is 6.65. The average molecular weight is 317 g/mol. The number of pyridine rings is 1. The van der Waals surface area contributed by atoms with Crippen molar-refractivity contribution in [1.29, 1.82) is 0 Å². The zero-order valence-electron chi connectivity index (χ0n) is 11.7. The summed E-state index contributed by atoms with van der Waals surface area (Å²) in [5.74, 6) is -0.0589. The Bertz CT molecular complexity index is 779. The van der Waals surface area contributed by atoms with Gasteiger partial charge in [-0.2, -0.15) is 0 Å². The molecule has 0 saturated carbocycles. The van der Waals surface area contributed by atoms with Crippen LogP contribution >= 0.6 is 22.7 Å². The third kappa shape index (κ3) is 2.41. The number of aromatic nitrogens is 1. The van der Waals surface area contributed by atoms with E-state index >= 15 is 0 Å². The number of carbonyl (C=O) groups is 1. The van der Waals surface area contributed by atoms with Crippen LogP contribution < -0.4 is 5.73 Å². The Morgan fingerprint density at radius 1 is 1.38 bits per heavy atom. The SMILES string of the molecule is CC(c1cccs1)N(C)C(=O)c1sc2ncccc2c1N. The van der Waals surface area contributed by atoms with Gasteiger partial charge in [-0.05, 0) is 30.5 Å². The van der Waals surface area contributed by atoms with Crippen molar-refractivity contribution in [3.63, 3.8) is 0 Å². The van der Waals surface area contributed by atoms with Gasteiger partial charge in [-0.1, -0.05) is 6.07 Å². The summed E-state index contributed by atoms with van der Waals surface area (Å²) in [6.45, 7) is 2.02. The number of hydrogen-bond acceptors (Lipinski definition) is 5. The highest BCUT2D eigenvalue weighted by Crippen LogP contribution is 2.34. The van der Waals surface area contributed by atoms with Crippen molar-refractivity contribution in [3.05, 3.63) is 45.6 Å². The molecule has 0 aliphatic rings. The monoisotopic (exact) mass is 317 g/mol. The van der Waals surface area contributed by atoms with Crippen LogP contribution in [0.4, 0.5) is 5.69 Å². The van der Waals surface area contributed by atoms with Gasteiger partial charge >= 0.3 is 0 Å². The molecule has 108 valence electrons. The maximum atomic E-state index is 12.7. The fraction of sp³-hybridized carbons (Fsp3) is 0.200. The molecule has 0 radical (unpaired) electrons. The zero-order valence-corrected chi connectivity index (χ0v) is 13.4. The number of thiophene rings is 2. The largest absolute Gasteiger partial charge is 0.397 e. The molecule has 0 aromatic carbocycles. The van der Waals surface area contributed by atoms with E-state index in [2.05, 4.69) is 4.98 Å². The van der Waals surface area contributed by atoms with Gasteiger partial charge in [0.15, 0.2) is 0 Å². The fourth-order valence-electron chi connectivity index (χ4n) is 2.17. The highest BCUT2D eigenvalue weighted by Gasteiger charge is 2.24. The molecule has 1 atom stereocenters. The molecule has 0 aliphatic carbocycles. The number of anilines is 1. The van der Waals surface area contributed by atoms with Crippen LogP contribution in [0.2, 0.25) is 0 Å². The van der Waals surface area contributed by atoms with Gasteiger partial charge in [0.05, 0.1) is 11.7 Å². The van der Waals surface area contributed by atoms with Gasteiger partial charge in [0.1, 0.15) is 9.71 Å². The van der Waals surface area contributed by atoms with Crippen LogP contribution in [0.1, 0.15) is 27.5 Å². The standard InChI is InChI=1S/C15H15N3OS2/c1-9(11-6-4-8-20-11)18(2)15(19)13-12(16)10-5-3-7-17-14(10)21-13/h3-9H,16H2,1-2H3. The Morgan fingerprint density at radius 3 is 2.86 bits per heavy atom. The lowest BCUT2D eigenvalue weighted by atomic mass is 10.2. The summed E-state index contributed by atoms with van der Waals surface area (Å²) >= 11 is 3.00. The summed E-state index contributed by atoms with van der Waals surface area (Å²) < 4.78 is 0. The maximum Gasteiger partial charge on any atom is 0.266 e. The van der Waals surface area contributed by atoms with E-state index in [0.29, 0.717) is 10.6 Å². The number of nitrogen functional groups attached to an aromatic ring is 1. The lowest BCUT2D eigenvalue weighted by Crippen LogP contribution is -2.29. The van der Waals surface area contributed by atoms with Gasteiger partial charge in [0.25, 0.3) is 5.91 Å². The van der Waals surface area contributed by atoms with Crippen molar-refractivity contribution >= 4 is 44.5 Å². The van der Waals surface area contributed by atoms with Crippen molar-refractivity contribution in [2.75, 3.05) is 12.8 Å². The summed E-state index contributed by atoms with van der Waals surface area (Å²) in [6.07, 6.45) is 1.71. The van der Waals surface area contributed by atoms with Gasteiger partial charge in [-0.3, -0.25) is 4.79 Å². The van der Waals surface area contributed by atoms with E-state index in [1.54, 1.807) is 22.4 Å². The van der Waals surface area contributed by atoms with Crippen molar-refractivity contribution < 1.29 is 4.79 Å². The van der Waals surface area contributed by atoms with Crippen LogP contribution in [0.5, 0.6) is 0 Å². The summed E-state index contributed by atoms with van der Waals surface area (Å²) in [4.78, 5) is 21.2. The summed E-state index contributed by atoms with van der Waals surface area (Å²) in [7, 11) is 1.81. The molecule has 0 fully saturated rings. The van der Waals surface area contributed by atoms with Crippen molar-refractivity contribution in [3.8, 4) is 0 Å². The summed E-state index contributed by atoms with van der Waals surface area (Å²) in [6, 6.07) is 7.78. The Hall–Kier alpha value is -1.92. The number of hydrogen-bond donors (Lipinski definition) is 1. The van der Waals surface area contributed by atoms with Gasteiger partial charge in [-0.25, -0.2) is 4.98 Å². The molecule has 3 aromatic heterocycles. The second-order valence-corrected chi connectivity index (χ2v) is 6.79. The molecule has 3 heterocycles. The molecule has 3 rings (SSSR count). The van der Waals surface area contributed by atoms with E-state index < -0.39 is 0 Å². The molecule has 2 N–H and O–H groups in total. The van der Waals surface area contributed by atoms with Gasteiger partial charge in [-0.15, -0.1) is 22.7 Å². The van der Waals surface area contributed by atoms with Crippen LogP contribution in [-0.2, 0) is 0 Å². The highest BCUT2D eigenvalue weighted by molar-refractivity contribution is 7.21. The third-order valence-electron chi connectivity index (χ3n) is 3.56. The minimum Gasteiger partial charge on any atom is -0.397 e. The number of fused-ring (bicyclic) bond motifs is 1. The molecule has 1 unspecified atom stereocenters. The fourth-order valence-corrected chi connectivity index (χ4v) is 4.04. The second kappa shape index (κ2) is 5.46. The smallest absolute Gasteiger partial charge is 0.266 e. The number of nitrogens with two attached hydrogens (primary N) is 1. The second-order valence-electron chi connectivity index (χ2n) is 4.81. The quantitative estimate of drug-likeness (QED) is 0.800.